The van der Waals surface area contributed by atoms with E-state index in [0.717, 1.165) is 6.07 Å². The van der Waals surface area contributed by atoms with E-state index < -0.39 is 29.6 Å². The number of hydrogen-bond acceptors (Lipinski definition) is 4. The van der Waals surface area contributed by atoms with Crippen molar-refractivity contribution in [2.24, 2.45) is 0 Å². The Labute approximate surface area is 109 Å². The van der Waals surface area contributed by atoms with Gasteiger partial charge in [-0.25, -0.2) is 4.79 Å². The third-order valence-electron chi connectivity index (χ3n) is 2.15. The van der Waals surface area contributed by atoms with E-state index >= 15 is 0 Å². The maximum absolute atomic E-state index is 13.6. The number of esters is 1. The minimum Gasteiger partial charge on any atom is -0.464 e. The molecule has 0 saturated heterocycles. The van der Waals surface area contributed by atoms with E-state index in [0.29, 0.717) is 19.2 Å². The molecular weight excluding hydrogens is 291 g/mol. The van der Waals surface area contributed by atoms with Crippen LogP contribution in [0.2, 0.25) is 0 Å². The van der Waals surface area contributed by atoms with Crippen molar-refractivity contribution in [2.75, 3.05) is 7.11 Å². The van der Waals surface area contributed by atoms with Crippen molar-refractivity contribution >= 4 is 12.3 Å². The van der Waals surface area contributed by atoms with Gasteiger partial charge in [0.1, 0.15) is 12.0 Å². The maximum Gasteiger partial charge on any atom is 0.573 e. The number of ether oxygens (including phenoxy) is 2. The molecule has 0 aliphatic rings. The molecule has 1 aromatic rings. The van der Waals surface area contributed by atoms with Gasteiger partial charge in [-0.05, 0) is 12.1 Å². The molecule has 9 heteroatoms. The van der Waals surface area contributed by atoms with E-state index in [-0.39, 0.29) is 11.8 Å². The summed E-state index contributed by atoms with van der Waals surface area (Å²) in [7, 11) is 0.653. The fraction of sp³-hybridized carbons (Fsp3) is 0.273. The summed E-state index contributed by atoms with van der Waals surface area (Å²) in [4.78, 5) is 21.4. The molecule has 0 fully saturated rings. The molecule has 0 aliphatic carbocycles. The Morgan fingerprint density at radius 3 is 2.25 bits per heavy atom. The fourth-order valence-corrected chi connectivity index (χ4v) is 1.32. The first-order valence-electron chi connectivity index (χ1n) is 4.93. The number of alkyl halides is 5. The molecule has 0 amide bonds. The minimum absolute atomic E-state index is 0.142. The van der Waals surface area contributed by atoms with Crippen molar-refractivity contribution in [3.05, 3.63) is 29.3 Å². The smallest absolute Gasteiger partial charge is 0.464 e. The zero-order valence-electron chi connectivity index (χ0n) is 9.83. The van der Waals surface area contributed by atoms with E-state index in [4.69, 9.17) is 0 Å². The maximum atomic E-state index is 13.6. The number of rotatable bonds is 4. The molecule has 0 aromatic heterocycles. The average Bonchev–Trinajstić information content (AvgIpc) is 2.35. The van der Waals surface area contributed by atoms with Crippen LogP contribution in [0.3, 0.4) is 0 Å². The summed E-state index contributed by atoms with van der Waals surface area (Å²) in [6, 6.07) is 1.76. The third kappa shape index (κ3) is 3.43. The summed E-state index contributed by atoms with van der Waals surface area (Å²) < 4.78 is 70.9. The minimum atomic E-state index is -5.26. The summed E-state index contributed by atoms with van der Waals surface area (Å²) in [5.74, 6) is -7.75. The molecule has 0 heterocycles. The van der Waals surface area contributed by atoms with Crippen LogP contribution >= 0.6 is 0 Å². The van der Waals surface area contributed by atoms with Crippen LogP contribution in [0.25, 0.3) is 0 Å². The SMILES string of the molecule is COC(=O)C(F)(F)c1ccc(C=O)cc1OC(F)(F)F. The van der Waals surface area contributed by atoms with Crippen LogP contribution in [0.4, 0.5) is 22.0 Å². The van der Waals surface area contributed by atoms with E-state index in [1.165, 1.54) is 0 Å². The molecule has 0 radical (unpaired) electrons. The van der Waals surface area contributed by atoms with E-state index in [2.05, 4.69) is 9.47 Å². The van der Waals surface area contributed by atoms with Gasteiger partial charge in [0.05, 0.1) is 12.7 Å². The van der Waals surface area contributed by atoms with Crippen LogP contribution in [-0.4, -0.2) is 25.7 Å². The summed E-state index contributed by atoms with van der Waals surface area (Å²) >= 11 is 0. The molecule has 0 N–H and O–H groups in total. The Hall–Kier alpha value is -2.19. The van der Waals surface area contributed by atoms with Crippen LogP contribution in [0, 0.1) is 0 Å². The lowest BCUT2D eigenvalue weighted by Gasteiger charge is -2.19. The Balaban J connectivity index is 3.38. The van der Waals surface area contributed by atoms with Gasteiger partial charge in [0.15, 0.2) is 0 Å². The normalized spacial score (nSPS) is 11.9. The zero-order valence-corrected chi connectivity index (χ0v) is 9.83. The lowest BCUT2D eigenvalue weighted by molar-refractivity contribution is -0.275. The number of halogens is 5. The molecule has 110 valence electrons. The average molecular weight is 298 g/mol. The monoisotopic (exact) mass is 298 g/mol. The van der Waals surface area contributed by atoms with E-state index in [9.17, 15) is 31.5 Å². The van der Waals surface area contributed by atoms with Crippen molar-refractivity contribution in [3.8, 4) is 5.75 Å². The highest BCUT2D eigenvalue weighted by Crippen LogP contribution is 2.38. The van der Waals surface area contributed by atoms with Crippen molar-refractivity contribution in [3.63, 3.8) is 0 Å². The van der Waals surface area contributed by atoms with Gasteiger partial charge in [-0.3, -0.25) is 4.79 Å². The summed E-state index contributed by atoms with van der Waals surface area (Å²) in [5.41, 5.74) is -1.68. The Morgan fingerprint density at radius 2 is 1.80 bits per heavy atom. The predicted octanol–water partition coefficient (Wildman–Crippen LogP) is 2.66. The van der Waals surface area contributed by atoms with E-state index in [1.54, 1.807) is 0 Å². The number of hydrogen-bond donors (Lipinski definition) is 0. The lowest BCUT2D eigenvalue weighted by atomic mass is 10.0. The van der Waals surface area contributed by atoms with Gasteiger partial charge in [-0.1, -0.05) is 6.07 Å². The molecular formula is C11H7F5O4. The second kappa shape index (κ2) is 5.43. The lowest BCUT2D eigenvalue weighted by Crippen LogP contribution is -2.29. The second-order valence-corrected chi connectivity index (χ2v) is 3.49. The van der Waals surface area contributed by atoms with Crippen molar-refractivity contribution in [1.82, 2.24) is 0 Å². The Morgan fingerprint density at radius 1 is 1.20 bits per heavy atom. The first-order valence-corrected chi connectivity index (χ1v) is 4.93. The first-order chi connectivity index (χ1) is 9.11. The van der Waals surface area contributed by atoms with Gasteiger partial charge in [0.25, 0.3) is 0 Å². The summed E-state index contributed by atoms with van der Waals surface area (Å²) in [6.45, 7) is 0. The summed E-state index contributed by atoms with van der Waals surface area (Å²) in [5, 5.41) is 0. The summed E-state index contributed by atoms with van der Waals surface area (Å²) in [6.07, 6.45) is -5.12. The van der Waals surface area contributed by atoms with Gasteiger partial charge in [0.2, 0.25) is 0 Å². The number of methoxy groups -OCH3 is 1. The molecule has 20 heavy (non-hydrogen) atoms. The topological polar surface area (TPSA) is 52.6 Å². The van der Waals surface area contributed by atoms with Crippen molar-refractivity contribution in [2.45, 2.75) is 12.3 Å². The zero-order chi connectivity index (χ0) is 15.6. The largest absolute Gasteiger partial charge is 0.573 e. The van der Waals surface area contributed by atoms with Gasteiger partial charge in [0, 0.05) is 5.56 Å². The van der Waals surface area contributed by atoms with Crippen LogP contribution in [0.15, 0.2) is 18.2 Å². The third-order valence-corrected chi connectivity index (χ3v) is 2.15. The number of carbonyl (C=O) groups is 2. The predicted molar refractivity (Wildman–Crippen MR) is 54.4 cm³/mol. The Bertz CT molecular complexity index is 524. The molecule has 4 nitrogen and oxygen atoms in total. The molecule has 0 spiro atoms. The molecule has 0 bridgehead atoms. The highest BCUT2D eigenvalue weighted by molar-refractivity contribution is 5.82. The molecule has 0 atom stereocenters. The second-order valence-electron chi connectivity index (χ2n) is 3.49. The van der Waals surface area contributed by atoms with Gasteiger partial charge < -0.3 is 9.47 Å². The number of carbonyl (C=O) groups excluding carboxylic acids is 2. The van der Waals surface area contributed by atoms with Crippen LogP contribution in [-0.2, 0) is 15.5 Å². The fourth-order valence-electron chi connectivity index (χ4n) is 1.32. The molecule has 0 saturated carbocycles. The first kappa shape index (κ1) is 15.9. The standard InChI is InChI=1S/C11H7F5O4/c1-19-9(18)10(12,13)7-3-2-6(5-17)4-8(7)20-11(14,15)16/h2-5H,1H3. The quantitative estimate of drug-likeness (QED) is 0.487. The Kier molecular flexibility index (Phi) is 4.31. The van der Waals surface area contributed by atoms with Gasteiger partial charge in [-0.2, -0.15) is 8.78 Å². The highest BCUT2D eigenvalue weighted by Gasteiger charge is 2.46. The van der Waals surface area contributed by atoms with Gasteiger partial charge in [-0.15, -0.1) is 13.2 Å². The van der Waals surface area contributed by atoms with Gasteiger partial charge >= 0.3 is 18.3 Å². The molecule has 1 rings (SSSR count). The molecule has 0 unspecified atom stereocenters. The number of aldehydes is 1. The molecule has 0 aliphatic heterocycles. The van der Waals surface area contributed by atoms with Crippen LogP contribution in [0.5, 0.6) is 5.75 Å². The van der Waals surface area contributed by atoms with Crippen molar-refractivity contribution < 1.29 is 41.0 Å². The molecule has 1 aromatic carbocycles. The van der Waals surface area contributed by atoms with E-state index in [1.807, 2.05) is 0 Å². The van der Waals surface area contributed by atoms with Crippen LogP contribution in [0.1, 0.15) is 15.9 Å². The highest BCUT2D eigenvalue weighted by atomic mass is 19.4. The van der Waals surface area contributed by atoms with Crippen molar-refractivity contribution in [1.29, 1.82) is 0 Å². The van der Waals surface area contributed by atoms with Crippen LogP contribution < -0.4 is 4.74 Å². The number of benzene rings is 1.